The highest BCUT2D eigenvalue weighted by Gasteiger charge is 2.15. The number of rotatable bonds is 7. The van der Waals surface area contributed by atoms with E-state index < -0.39 is 24.5 Å². The third-order valence-electron chi connectivity index (χ3n) is 3.87. The lowest BCUT2D eigenvalue weighted by molar-refractivity contribution is -0.149. The van der Waals surface area contributed by atoms with E-state index in [1.54, 1.807) is 24.3 Å². The SMILES string of the molecule is COC(=O)c1ccccc1NC(=O)COC(=O)COc1cccc(C)c1C. The number of nitrogens with one attached hydrogen (secondary N) is 1. The Morgan fingerprint density at radius 3 is 2.44 bits per heavy atom. The van der Waals surface area contributed by atoms with Gasteiger partial charge in [-0.1, -0.05) is 24.3 Å². The van der Waals surface area contributed by atoms with Gasteiger partial charge < -0.3 is 19.5 Å². The fourth-order valence-corrected chi connectivity index (χ4v) is 2.27. The van der Waals surface area contributed by atoms with Gasteiger partial charge in [0.2, 0.25) is 0 Å². The molecule has 0 aliphatic carbocycles. The third-order valence-corrected chi connectivity index (χ3v) is 3.87. The van der Waals surface area contributed by atoms with Crippen LogP contribution in [-0.2, 0) is 19.1 Å². The van der Waals surface area contributed by atoms with Gasteiger partial charge in [0.05, 0.1) is 18.4 Å². The first-order valence-electron chi connectivity index (χ1n) is 8.24. The number of anilines is 1. The molecule has 0 saturated carbocycles. The zero-order valence-electron chi connectivity index (χ0n) is 15.4. The molecule has 0 unspecified atom stereocenters. The van der Waals surface area contributed by atoms with Crippen LogP contribution in [0.1, 0.15) is 21.5 Å². The number of aryl methyl sites for hydroxylation is 1. The highest BCUT2D eigenvalue weighted by Crippen LogP contribution is 2.20. The highest BCUT2D eigenvalue weighted by atomic mass is 16.6. The zero-order valence-corrected chi connectivity index (χ0v) is 15.4. The van der Waals surface area contributed by atoms with Crippen LogP contribution in [0.2, 0.25) is 0 Å². The van der Waals surface area contributed by atoms with Crippen LogP contribution in [-0.4, -0.2) is 38.2 Å². The summed E-state index contributed by atoms with van der Waals surface area (Å²) in [6, 6.07) is 11.9. The Labute approximate surface area is 157 Å². The lowest BCUT2D eigenvalue weighted by atomic mass is 10.1. The van der Waals surface area contributed by atoms with Gasteiger partial charge in [0.1, 0.15) is 5.75 Å². The molecule has 2 aromatic carbocycles. The van der Waals surface area contributed by atoms with Crippen molar-refractivity contribution in [3.8, 4) is 5.75 Å². The van der Waals surface area contributed by atoms with Crippen LogP contribution in [0.3, 0.4) is 0 Å². The molecule has 27 heavy (non-hydrogen) atoms. The van der Waals surface area contributed by atoms with E-state index in [2.05, 4.69) is 10.1 Å². The minimum absolute atomic E-state index is 0.206. The predicted molar refractivity (Wildman–Crippen MR) is 98.8 cm³/mol. The van der Waals surface area contributed by atoms with E-state index >= 15 is 0 Å². The van der Waals surface area contributed by atoms with E-state index in [1.165, 1.54) is 13.2 Å². The molecule has 7 heteroatoms. The molecule has 0 atom stereocenters. The van der Waals surface area contributed by atoms with Gasteiger partial charge in [-0.2, -0.15) is 0 Å². The minimum atomic E-state index is -0.674. The molecule has 1 N–H and O–H groups in total. The van der Waals surface area contributed by atoms with E-state index in [4.69, 9.17) is 9.47 Å². The number of esters is 2. The molecule has 0 aromatic heterocycles. The Hall–Kier alpha value is -3.35. The number of para-hydroxylation sites is 1. The maximum absolute atomic E-state index is 12.0. The first kappa shape index (κ1) is 20.0. The molecule has 2 aromatic rings. The molecule has 2 rings (SSSR count). The van der Waals surface area contributed by atoms with Crippen molar-refractivity contribution in [2.24, 2.45) is 0 Å². The summed E-state index contributed by atoms with van der Waals surface area (Å²) < 4.78 is 15.0. The van der Waals surface area contributed by atoms with Gasteiger partial charge in [-0.05, 0) is 43.2 Å². The van der Waals surface area contributed by atoms with Gasteiger partial charge >= 0.3 is 11.9 Å². The van der Waals surface area contributed by atoms with Crippen molar-refractivity contribution in [1.29, 1.82) is 0 Å². The first-order valence-corrected chi connectivity index (χ1v) is 8.24. The number of carbonyl (C=O) groups is 3. The summed E-state index contributed by atoms with van der Waals surface area (Å²) in [6.45, 7) is 3.03. The van der Waals surface area contributed by atoms with Crippen molar-refractivity contribution >= 4 is 23.5 Å². The second kappa shape index (κ2) is 9.38. The summed E-state index contributed by atoms with van der Waals surface area (Å²) in [6.07, 6.45) is 0. The van der Waals surface area contributed by atoms with Crippen molar-refractivity contribution in [2.75, 3.05) is 25.6 Å². The Bertz CT molecular complexity index is 846. The maximum atomic E-state index is 12.0. The molecule has 0 bridgehead atoms. The molecule has 0 aliphatic heterocycles. The quantitative estimate of drug-likeness (QED) is 0.753. The van der Waals surface area contributed by atoms with Crippen molar-refractivity contribution < 1.29 is 28.6 Å². The summed E-state index contributed by atoms with van der Waals surface area (Å²) in [5, 5.41) is 2.51. The summed E-state index contributed by atoms with van der Waals surface area (Å²) in [5.74, 6) is -1.24. The van der Waals surface area contributed by atoms with Crippen LogP contribution in [0.5, 0.6) is 5.75 Å². The van der Waals surface area contributed by atoms with Crippen molar-refractivity contribution in [3.05, 3.63) is 59.2 Å². The average Bonchev–Trinajstić information content (AvgIpc) is 2.67. The fraction of sp³-hybridized carbons (Fsp3) is 0.250. The Morgan fingerprint density at radius 2 is 1.70 bits per heavy atom. The standard InChI is InChI=1S/C20H21NO6/c1-13-7-6-10-17(14(13)2)26-12-19(23)27-11-18(22)21-16-9-5-4-8-15(16)20(24)25-3/h4-10H,11-12H2,1-3H3,(H,21,22). The van der Waals surface area contributed by atoms with E-state index in [-0.39, 0.29) is 17.9 Å². The summed E-state index contributed by atoms with van der Waals surface area (Å²) in [5.41, 5.74) is 2.46. The largest absolute Gasteiger partial charge is 0.482 e. The molecule has 0 radical (unpaired) electrons. The minimum Gasteiger partial charge on any atom is -0.482 e. The summed E-state index contributed by atoms with van der Waals surface area (Å²) in [4.78, 5) is 35.4. The monoisotopic (exact) mass is 371 g/mol. The van der Waals surface area contributed by atoms with E-state index in [1.807, 2.05) is 26.0 Å². The molecule has 142 valence electrons. The number of hydrogen-bond donors (Lipinski definition) is 1. The molecule has 0 saturated heterocycles. The van der Waals surface area contributed by atoms with Crippen LogP contribution in [0, 0.1) is 13.8 Å². The maximum Gasteiger partial charge on any atom is 0.344 e. The molecule has 7 nitrogen and oxygen atoms in total. The molecule has 0 spiro atoms. The lowest BCUT2D eigenvalue weighted by Gasteiger charge is -2.11. The second-order valence-corrected chi connectivity index (χ2v) is 5.73. The van der Waals surface area contributed by atoms with Gasteiger partial charge in [0.15, 0.2) is 13.2 Å². The molecule has 0 heterocycles. The topological polar surface area (TPSA) is 90.9 Å². The van der Waals surface area contributed by atoms with Crippen molar-refractivity contribution in [2.45, 2.75) is 13.8 Å². The second-order valence-electron chi connectivity index (χ2n) is 5.73. The Morgan fingerprint density at radius 1 is 0.963 bits per heavy atom. The lowest BCUT2D eigenvalue weighted by Crippen LogP contribution is -2.24. The summed E-state index contributed by atoms with van der Waals surface area (Å²) >= 11 is 0. The first-order chi connectivity index (χ1) is 12.9. The smallest absolute Gasteiger partial charge is 0.344 e. The van der Waals surface area contributed by atoms with E-state index in [0.717, 1.165) is 11.1 Å². The molecular formula is C20H21NO6. The zero-order chi connectivity index (χ0) is 19.8. The van der Waals surface area contributed by atoms with Crippen molar-refractivity contribution in [1.82, 2.24) is 0 Å². The molecular weight excluding hydrogens is 350 g/mol. The van der Waals surface area contributed by atoms with Crippen LogP contribution in [0.4, 0.5) is 5.69 Å². The number of carbonyl (C=O) groups excluding carboxylic acids is 3. The third kappa shape index (κ3) is 5.57. The van der Waals surface area contributed by atoms with Gasteiger partial charge in [-0.15, -0.1) is 0 Å². The van der Waals surface area contributed by atoms with Gasteiger partial charge in [0.25, 0.3) is 5.91 Å². The number of benzene rings is 2. The van der Waals surface area contributed by atoms with Crippen LogP contribution < -0.4 is 10.1 Å². The van der Waals surface area contributed by atoms with Gasteiger partial charge in [-0.3, -0.25) is 4.79 Å². The fourth-order valence-electron chi connectivity index (χ4n) is 2.27. The number of amides is 1. The van der Waals surface area contributed by atoms with Crippen LogP contribution in [0.15, 0.2) is 42.5 Å². The van der Waals surface area contributed by atoms with Crippen LogP contribution >= 0.6 is 0 Å². The van der Waals surface area contributed by atoms with Gasteiger partial charge in [-0.25, -0.2) is 9.59 Å². The number of hydrogen-bond acceptors (Lipinski definition) is 6. The summed E-state index contributed by atoms with van der Waals surface area (Å²) in [7, 11) is 1.25. The molecule has 0 fully saturated rings. The number of methoxy groups -OCH3 is 1. The van der Waals surface area contributed by atoms with E-state index in [0.29, 0.717) is 5.75 Å². The van der Waals surface area contributed by atoms with Crippen LogP contribution in [0.25, 0.3) is 0 Å². The highest BCUT2D eigenvalue weighted by molar-refractivity contribution is 6.01. The predicted octanol–water partition coefficient (Wildman–Crippen LogP) is 2.65. The Kier molecular flexibility index (Phi) is 6.93. The normalized spacial score (nSPS) is 10.0. The molecule has 0 aliphatic rings. The Balaban J connectivity index is 1.84. The van der Waals surface area contributed by atoms with Gasteiger partial charge in [0, 0.05) is 0 Å². The number of ether oxygens (including phenoxy) is 3. The van der Waals surface area contributed by atoms with Crippen molar-refractivity contribution in [3.63, 3.8) is 0 Å². The van der Waals surface area contributed by atoms with E-state index in [9.17, 15) is 14.4 Å². The molecule has 1 amide bonds. The average molecular weight is 371 g/mol.